The fourth-order valence-electron chi connectivity index (χ4n) is 1.99. The molecule has 0 saturated carbocycles. The van der Waals surface area contributed by atoms with E-state index in [2.05, 4.69) is 27.7 Å². The van der Waals surface area contributed by atoms with Crippen molar-refractivity contribution in [1.82, 2.24) is 0 Å². The topological polar surface area (TPSA) is 9.23 Å². The van der Waals surface area contributed by atoms with Gasteiger partial charge in [0.05, 0.1) is 13.4 Å². The quantitative estimate of drug-likeness (QED) is 0.389. The predicted molar refractivity (Wildman–Crippen MR) is 72.5 cm³/mol. The average molecular weight is 226 g/mol. The molecule has 2 atom stereocenters. The van der Waals surface area contributed by atoms with Gasteiger partial charge in [0.15, 0.2) is 0 Å². The van der Waals surface area contributed by atoms with Gasteiger partial charge in [-0.25, -0.2) is 0 Å². The summed E-state index contributed by atoms with van der Waals surface area (Å²) in [5.41, 5.74) is 1.49. The van der Waals surface area contributed by atoms with E-state index in [0.717, 1.165) is 11.8 Å². The second kappa shape index (κ2) is 9.74. The molecular weight excluding hydrogens is 196 g/mol. The normalized spacial score (nSPS) is 15.9. The highest BCUT2D eigenvalue weighted by atomic mass is 16.5. The van der Waals surface area contributed by atoms with Crippen LogP contribution in [0.2, 0.25) is 0 Å². The lowest BCUT2D eigenvalue weighted by Crippen LogP contribution is -2.08. The highest BCUT2D eigenvalue weighted by Gasteiger charge is 2.12. The van der Waals surface area contributed by atoms with Crippen LogP contribution in [-0.4, -0.2) is 7.11 Å². The molecule has 0 aliphatic carbocycles. The fraction of sp³-hybridized carbons (Fsp3) is 0.867. The molecule has 0 N–H and O–H groups in total. The molecule has 0 aromatic heterocycles. The van der Waals surface area contributed by atoms with Crippen molar-refractivity contribution in [3.63, 3.8) is 0 Å². The molecule has 0 aliphatic rings. The first-order valence-electron chi connectivity index (χ1n) is 6.86. The Morgan fingerprint density at radius 2 is 1.81 bits per heavy atom. The van der Waals surface area contributed by atoms with Gasteiger partial charge < -0.3 is 4.74 Å². The van der Waals surface area contributed by atoms with Gasteiger partial charge in [-0.1, -0.05) is 47.0 Å². The number of unbranched alkanes of at least 4 members (excludes halogenated alkanes) is 2. The molecule has 0 heterocycles. The largest absolute Gasteiger partial charge is 0.504 e. The van der Waals surface area contributed by atoms with E-state index < -0.39 is 0 Å². The molecule has 0 aromatic carbocycles. The minimum absolute atomic E-state index is 0.771. The molecule has 0 rings (SSSR count). The Morgan fingerprint density at radius 3 is 2.31 bits per heavy atom. The third-order valence-electron chi connectivity index (χ3n) is 3.59. The van der Waals surface area contributed by atoms with E-state index >= 15 is 0 Å². The lowest BCUT2D eigenvalue weighted by Gasteiger charge is -2.19. The van der Waals surface area contributed by atoms with Gasteiger partial charge >= 0.3 is 0 Å². The van der Waals surface area contributed by atoms with Gasteiger partial charge in [0.1, 0.15) is 0 Å². The third kappa shape index (κ3) is 6.92. The molecule has 0 aliphatic heterocycles. The Bertz CT molecular complexity index is 184. The third-order valence-corrected chi connectivity index (χ3v) is 3.59. The summed E-state index contributed by atoms with van der Waals surface area (Å²) in [7, 11) is 1.76. The number of allylic oxidation sites excluding steroid dienone is 1. The van der Waals surface area contributed by atoms with Gasteiger partial charge in [0.25, 0.3) is 0 Å². The van der Waals surface area contributed by atoms with Crippen LogP contribution in [0.4, 0.5) is 0 Å². The second-order valence-corrected chi connectivity index (χ2v) is 5.04. The summed E-state index contributed by atoms with van der Waals surface area (Å²) in [6.45, 7) is 9.23. The smallest absolute Gasteiger partial charge is 0.0816 e. The number of hydrogen-bond acceptors (Lipinski definition) is 1. The van der Waals surface area contributed by atoms with Crippen molar-refractivity contribution in [1.29, 1.82) is 0 Å². The molecular formula is C15H30O. The van der Waals surface area contributed by atoms with Crippen LogP contribution in [0, 0.1) is 11.8 Å². The minimum Gasteiger partial charge on any atom is -0.504 e. The van der Waals surface area contributed by atoms with Crippen molar-refractivity contribution in [2.45, 2.75) is 66.2 Å². The average Bonchev–Trinajstić information content (AvgIpc) is 2.28. The molecule has 1 heteroatoms. The number of hydrogen-bond donors (Lipinski definition) is 0. The standard InChI is InChI=1S/C15H30O/c1-6-8-9-10-15(12-16-5)11-14(4)13(3)7-2/h12-14H,6-11H2,1-5H3/b15-12-. The Balaban J connectivity index is 4.07. The van der Waals surface area contributed by atoms with Crippen molar-refractivity contribution in [2.75, 3.05) is 7.11 Å². The van der Waals surface area contributed by atoms with Crippen molar-refractivity contribution in [3.8, 4) is 0 Å². The molecule has 0 saturated heterocycles. The monoisotopic (exact) mass is 226 g/mol. The zero-order chi connectivity index (χ0) is 12.4. The van der Waals surface area contributed by atoms with E-state index in [0.29, 0.717) is 0 Å². The lowest BCUT2D eigenvalue weighted by atomic mass is 9.87. The Labute approximate surface area is 102 Å². The highest BCUT2D eigenvalue weighted by Crippen LogP contribution is 2.25. The minimum atomic E-state index is 0.771. The van der Waals surface area contributed by atoms with Gasteiger partial charge in [0.2, 0.25) is 0 Å². The maximum atomic E-state index is 5.19. The van der Waals surface area contributed by atoms with Crippen molar-refractivity contribution in [2.24, 2.45) is 11.8 Å². The van der Waals surface area contributed by atoms with Gasteiger partial charge in [-0.15, -0.1) is 0 Å². The Morgan fingerprint density at radius 1 is 1.12 bits per heavy atom. The van der Waals surface area contributed by atoms with Crippen LogP contribution in [0.3, 0.4) is 0 Å². The van der Waals surface area contributed by atoms with E-state index in [9.17, 15) is 0 Å². The summed E-state index contributed by atoms with van der Waals surface area (Å²) in [4.78, 5) is 0. The molecule has 0 bridgehead atoms. The maximum absolute atomic E-state index is 5.19. The van der Waals surface area contributed by atoms with Gasteiger partial charge in [0, 0.05) is 0 Å². The summed E-state index contributed by atoms with van der Waals surface area (Å²) < 4.78 is 5.19. The first kappa shape index (κ1) is 15.5. The molecule has 0 radical (unpaired) electrons. The molecule has 0 aromatic rings. The number of methoxy groups -OCH3 is 1. The van der Waals surface area contributed by atoms with Gasteiger partial charge in [-0.05, 0) is 36.7 Å². The van der Waals surface area contributed by atoms with Crippen molar-refractivity contribution >= 4 is 0 Å². The molecule has 0 fully saturated rings. The Kier molecular flexibility index (Phi) is 9.46. The van der Waals surface area contributed by atoms with E-state index in [-0.39, 0.29) is 0 Å². The summed E-state index contributed by atoms with van der Waals surface area (Å²) in [6, 6.07) is 0. The molecule has 2 unspecified atom stereocenters. The zero-order valence-corrected chi connectivity index (χ0v) is 11.9. The summed E-state index contributed by atoms with van der Waals surface area (Å²) >= 11 is 0. The molecule has 0 amide bonds. The lowest BCUT2D eigenvalue weighted by molar-refractivity contribution is 0.319. The van der Waals surface area contributed by atoms with Crippen LogP contribution in [0.25, 0.3) is 0 Å². The van der Waals surface area contributed by atoms with E-state index in [1.54, 1.807) is 7.11 Å². The van der Waals surface area contributed by atoms with Crippen LogP contribution < -0.4 is 0 Å². The molecule has 16 heavy (non-hydrogen) atoms. The van der Waals surface area contributed by atoms with Crippen LogP contribution in [0.15, 0.2) is 11.8 Å². The van der Waals surface area contributed by atoms with Gasteiger partial charge in [-0.2, -0.15) is 0 Å². The predicted octanol–water partition coefficient (Wildman–Crippen LogP) is 5.17. The molecule has 0 spiro atoms. The first-order chi connectivity index (χ1) is 7.65. The zero-order valence-electron chi connectivity index (χ0n) is 11.9. The second-order valence-electron chi connectivity index (χ2n) is 5.04. The first-order valence-corrected chi connectivity index (χ1v) is 6.86. The van der Waals surface area contributed by atoms with Gasteiger partial charge in [-0.3, -0.25) is 0 Å². The fourth-order valence-corrected chi connectivity index (χ4v) is 1.99. The van der Waals surface area contributed by atoms with E-state index in [4.69, 9.17) is 4.74 Å². The number of rotatable bonds is 9. The van der Waals surface area contributed by atoms with E-state index in [1.165, 1.54) is 44.1 Å². The SMILES string of the molecule is CCCCC/C(=C/OC)CC(C)C(C)CC. The number of ether oxygens (including phenoxy) is 1. The van der Waals surface area contributed by atoms with Crippen LogP contribution >= 0.6 is 0 Å². The van der Waals surface area contributed by atoms with E-state index in [1.807, 2.05) is 6.26 Å². The molecule has 1 nitrogen and oxygen atoms in total. The van der Waals surface area contributed by atoms with Crippen molar-refractivity contribution in [3.05, 3.63) is 11.8 Å². The maximum Gasteiger partial charge on any atom is 0.0816 e. The van der Waals surface area contributed by atoms with Crippen LogP contribution in [0.1, 0.15) is 66.2 Å². The van der Waals surface area contributed by atoms with Crippen LogP contribution in [-0.2, 0) is 4.74 Å². The molecule has 96 valence electrons. The van der Waals surface area contributed by atoms with Crippen LogP contribution in [0.5, 0.6) is 0 Å². The Hall–Kier alpha value is -0.460. The summed E-state index contributed by atoms with van der Waals surface area (Å²) in [5, 5.41) is 0. The van der Waals surface area contributed by atoms with Crippen molar-refractivity contribution < 1.29 is 4.74 Å². The summed E-state index contributed by atoms with van der Waals surface area (Å²) in [6.07, 6.45) is 9.58. The highest BCUT2D eigenvalue weighted by molar-refractivity contribution is 4.99. The summed E-state index contributed by atoms with van der Waals surface area (Å²) in [5.74, 6) is 1.58.